The summed E-state index contributed by atoms with van der Waals surface area (Å²) in [6.07, 6.45) is 0. The van der Waals surface area contributed by atoms with Crippen molar-refractivity contribution in [3.05, 3.63) is 71.5 Å². The zero-order chi connectivity index (χ0) is 19.2. The molecule has 3 N–H and O–H groups in total. The Hall–Kier alpha value is -2.24. The van der Waals surface area contributed by atoms with Gasteiger partial charge in [-0.3, -0.25) is 4.79 Å². The van der Waals surface area contributed by atoms with E-state index in [-0.39, 0.29) is 23.8 Å². The topological polar surface area (TPSA) is 38.0 Å². The minimum atomic E-state index is -0.258. The molecule has 0 radical (unpaired) electrons. The lowest BCUT2D eigenvalue weighted by atomic mass is 10.1. The minimum absolute atomic E-state index is 0.0633. The van der Waals surface area contributed by atoms with Gasteiger partial charge in [0.15, 0.2) is 6.04 Å². The Morgan fingerprint density at radius 2 is 1.63 bits per heavy atom. The molecule has 0 aromatic heterocycles. The van der Waals surface area contributed by atoms with Crippen molar-refractivity contribution in [2.75, 3.05) is 26.2 Å². The van der Waals surface area contributed by atoms with Gasteiger partial charge in [0.05, 0.1) is 6.04 Å². The molecule has 1 aliphatic rings. The number of rotatable bonds is 6. The summed E-state index contributed by atoms with van der Waals surface area (Å²) in [5.74, 6) is -0.195. The van der Waals surface area contributed by atoms with E-state index in [9.17, 15) is 9.18 Å². The number of piperazine rings is 1. The molecule has 2 aromatic carbocycles. The van der Waals surface area contributed by atoms with E-state index in [1.807, 2.05) is 19.9 Å². The lowest BCUT2D eigenvalue weighted by molar-refractivity contribution is -1.02. The van der Waals surface area contributed by atoms with E-state index >= 15 is 0 Å². The molecule has 5 heteroatoms. The molecule has 0 unspecified atom stereocenters. The third-order valence-electron chi connectivity index (χ3n) is 5.63. The van der Waals surface area contributed by atoms with Crippen LogP contribution in [0.25, 0.3) is 0 Å². The zero-order valence-electron chi connectivity index (χ0n) is 16.2. The SMILES string of the molecule is C[C@@H](NC(=O)[C@H](C)[NH+]1CC[NH+](Cc2ccccc2)CC1)c1ccc(F)cc1. The van der Waals surface area contributed by atoms with Gasteiger partial charge in [0.2, 0.25) is 0 Å². The highest BCUT2D eigenvalue weighted by atomic mass is 19.1. The zero-order valence-corrected chi connectivity index (χ0v) is 16.2. The van der Waals surface area contributed by atoms with E-state index < -0.39 is 0 Å². The number of carbonyl (C=O) groups excluding carboxylic acids is 1. The van der Waals surface area contributed by atoms with Crippen molar-refractivity contribution < 1.29 is 19.0 Å². The van der Waals surface area contributed by atoms with Crippen LogP contribution in [0.4, 0.5) is 4.39 Å². The summed E-state index contributed by atoms with van der Waals surface area (Å²) in [4.78, 5) is 15.6. The molecule has 1 saturated heterocycles. The molecule has 1 aliphatic heterocycles. The van der Waals surface area contributed by atoms with Gasteiger partial charge >= 0.3 is 0 Å². The van der Waals surface area contributed by atoms with E-state index in [0.717, 1.165) is 38.3 Å². The predicted octanol–water partition coefficient (Wildman–Crippen LogP) is 0.375. The van der Waals surface area contributed by atoms with Crippen molar-refractivity contribution in [2.24, 2.45) is 0 Å². The van der Waals surface area contributed by atoms with Crippen LogP contribution in [0.1, 0.15) is 31.0 Å². The molecule has 0 aliphatic carbocycles. The van der Waals surface area contributed by atoms with E-state index in [4.69, 9.17) is 0 Å². The number of nitrogens with one attached hydrogen (secondary N) is 3. The summed E-state index contributed by atoms with van der Waals surface area (Å²) >= 11 is 0. The Kier molecular flexibility index (Phi) is 6.58. The van der Waals surface area contributed by atoms with Gasteiger partial charge in [-0.2, -0.15) is 0 Å². The third kappa shape index (κ3) is 5.37. The highest BCUT2D eigenvalue weighted by Crippen LogP contribution is 2.12. The first kappa shape index (κ1) is 19.5. The largest absolute Gasteiger partial charge is 0.344 e. The Balaban J connectivity index is 1.47. The molecule has 3 rings (SSSR count). The smallest absolute Gasteiger partial charge is 0.278 e. The number of amides is 1. The Morgan fingerprint density at radius 3 is 2.26 bits per heavy atom. The van der Waals surface area contributed by atoms with Crippen LogP contribution in [0, 0.1) is 5.82 Å². The fraction of sp³-hybridized carbons (Fsp3) is 0.409. The molecule has 1 heterocycles. The van der Waals surface area contributed by atoms with Crippen molar-refractivity contribution in [1.29, 1.82) is 0 Å². The van der Waals surface area contributed by atoms with Crippen molar-refractivity contribution in [2.45, 2.75) is 32.5 Å². The highest BCUT2D eigenvalue weighted by Gasteiger charge is 2.31. The molecule has 2 aromatic rings. The first-order valence-corrected chi connectivity index (χ1v) is 9.81. The number of hydrogen-bond donors (Lipinski definition) is 3. The van der Waals surface area contributed by atoms with Gasteiger partial charge in [-0.15, -0.1) is 0 Å². The Bertz CT molecular complexity index is 727. The van der Waals surface area contributed by atoms with E-state index in [2.05, 4.69) is 29.6 Å². The van der Waals surface area contributed by atoms with E-state index in [1.165, 1.54) is 22.6 Å². The molecule has 144 valence electrons. The van der Waals surface area contributed by atoms with Gasteiger partial charge in [0, 0.05) is 5.56 Å². The second-order valence-electron chi connectivity index (χ2n) is 7.57. The fourth-order valence-electron chi connectivity index (χ4n) is 3.78. The molecule has 0 spiro atoms. The average Bonchev–Trinajstić information content (AvgIpc) is 2.69. The maximum atomic E-state index is 13.1. The first-order chi connectivity index (χ1) is 13.0. The Labute approximate surface area is 161 Å². The minimum Gasteiger partial charge on any atom is -0.344 e. The predicted molar refractivity (Wildman–Crippen MR) is 104 cm³/mol. The van der Waals surface area contributed by atoms with Crippen LogP contribution in [-0.4, -0.2) is 38.1 Å². The second kappa shape index (κ2) is 9.11. The standard InChI is InChI=1S/C22H28FN3O/c1-17(20-8-10-21(23)11-9-20)24-22(27)18(2)26-14-12-25(13-15-26)16-19-6-4-3-5-7-19/h3-11,17-18H,12-16H2,1-2H3,(H,24,27)/p+2/t17-,18+/m1/s1. The van der Waals surface area contributed by atoms with Gasteiger partial charge in [-0.25, -0.2) is 4.39 Å². The fourth-order valence-corrected chi connectivity index (χ4v) is 3.78. The van der Waals surface area contributed by atoms with Crippen molar-refractivity contribution in [1.82, 2.24) is 5.32 Å². The molecule has 2 atom stereocenters. The van der Waals surface area contributed by atoms with E-state index in [1.54, 1.807) is 17.0 Å². The first-order valence-electron chi connectivity index (χ1n) is 9.81. The van der Waals surface area contributed by atoms with Gasteiger partial charge in [0.25, 0.3) is 5.91 Å². The summed E-state index contributed by atoms with van der Waals surface area (Å²) in [5, 5.41) is 3.07. The van der Waals surface area contributed by atoms with Crippen LogP contribution in [0.5, 0.6) is 0 Å². The van der Waals surface area contributed by atoms with Gasteiger partial charge < -0.3 is 15.1 Å². The summed E-state index contributed by atoms with van der Waals surface area (Å²) < 4.78 is 13.1. The van der Waals surface area contributed by atoms with Crippen molar-refractivity contribution >= 4 is 5.91 Å². The average molecular weight is 372 g/mol. The summed E-state index contributed by atoms with van der Waals surface area (Å²) in [5.41, 5.74) is 2.29. The normalized spacial score (nSPS) is 22.0. The molecular weight excluding hydrogens is 341 g/mol. The molecule has 0 saturated carbocycles. The molecule has 4 nitrogen and oxygen atoms in total. The number of quaternary nitrogens is 2. The molecular formula is C22H30FN3O+2. The van der Waals surface area contributed by atoms with Crippen LogP contribution < -0.4 is 15.1 Å². The summed E-state index contributed by atoms with van der Waals surface area (Å²) in [7, 11) is 0. The summed E-state index contributed by atoms with van der Waals surface area (Å²) in [6.45, 7) is 9.16. The maximum Gasteiger partial charge on any atom is 0.278 e. The number of hydrogen-bond acceptors (Lipinski definition) is 1. The number of halogens is 1. The second-order valence-corrected chi connectivity index (χ2v) is 7.57. The van der Waals surface area contributed by atoms with E-state index in [0.29, 0.717) is 0 Å². The molecule has 1 amide bonds. The molecule has 1 fully saturated rings. The number of carbonyl (C=O) groups is 1. The molecule has 27 heavy (non-hydrogen) atoms. The van der Waals surface area contributed by atoms with Crippen LogP contribution in [0.2, 0.25) is 0 Å². The van der Waals surface area contributed by atoms with Gasteiger partial charge in [0.1, 0.15) is 38.5 Å². The van der Waals surface area contributed by atoms with Gasteiger partial charge in [-0.1, -0.05) is 42.5 Å². The van der Waals surface area contributed by atoms with Crippen molar-refractivity contribution in [3.8, 4) is 0 Å². The lowest BCUT2D eigenvalue weighted by Gasteiger charge is -2.33. The van der Waals surface area contributed by atoms with Crippen LogP contribution >= 0.6 is 0 Å². The van der Waals surface area contributed by atoms with Crippen molar-refractivity contribution in [3.63, 3.8) is 0 Å². The van der Waals surface area contributed by atoms with Gasteiger partial charge in [-0.05, 0) is 31.5 Å². The quantitative estimate of drug-likeness (QED) is 0.675. The maximum absolute atomic E-state index is 13.1. The third-order valence-corrected chi connectivity index (χ3v) is 5.63. The van der Waals surface area contributed by atoms with Crippen LogP contribution in [0.15, 0.2) is 54.6 Å². The summed E-state index contributed by atoms with van der Waals surface area (Å²) in [6, 6.07) is 16.7. The van der Waals surface area contributed by atoms with Crippen LogP contribution in [0.3, 0.4) is 0 Å². The molecule has 0 bridgehead atoms. The van der Waals surface area contributed by atoms with Crippen LogP contribution in [-0.2, 0) is 11.3 Å². The number of benzene rings is 2. The lowest BCUT2D eigenvalue weighted by Crippen LogP contribution is -3.29. The monoisotopic (exact) mass is 371 g/mol. The highest BCUT2D eigenvalue weighted by molar-refractivity contribution is 5.80. The Morgan fingerprint density at radius 1 is 1.00 bits per heavy atom.